The summed E-state index contributed by atoms with van der Waals surface area (Å²) in [7, 11) is 0. The molecule has 0 saturated carbocycles. The van der Waals surface area contributed by atoms with Crippen LogP contribution in [0.5, 0.6) is 0 Å². The van der Waals surface area contributed by atoms with Gasteiger partial charge in [-0.3, -0.25) is 9.36 Å². The van der Waals surface area contributed by atoms with Crippen LogP contribution in [0.15, 0.2) is 47.3 Å². The molecule has 0 aliphatic carbocycles. The van der Waals surface area contributed by atoms with E-state index in [1.807, 2.05) is 24.3 Å². The molecule has 3 aromatic heterocycles. The molecule has 3 heterocycles. The Morgan fingerprint density at radius 2 is 2.00 bits per heavy atom. The van der Waals surface area contributed by atoms with Crippen LogP contribution < -0.4 is 11.4 Å². The summed E-state index contributed by atoms with van der Waals surface area (Å²) in [6.07, 6.45) is 1.85. The highest BCUT2D eigenvalue weighted by molar-refractivity contribution is 7.23. The minimum atomic E-state index is -0.317. The van der Waals surface area contributed by atoms with Crippen molar-refractivity contribution in [2.45, 2.75) is 20.0 Å². The first-order chi connectivity index (χ1) is 12.5. The Morgan fingerprint density at radius 3 is 2.65 bits per heavy atom. The summed E-state index contributed by atoms with van der Waals surface area (Å²) in [5.41, 5.74) is 5.40. The number of rotatable bonds is 7. The van der Waals surface area contributed by atoms with Crippen molar-refractivity contribution in [3.63, 3.8) is 0 Å². The van der Waals surface area contributed by atoms with Crippen molar-refractivity contribution in [2.75, 3.05) is 6.54 Å². The summed E-state index contributed by atoms with van der Waals surface area (Å²) in [5.74, 6) is 0.0520. The molecule has 136 valence electrons. The van der Waals surface area contributed by atoms with Gasteiger partial charge in [-0.2, -0.15) is 5.10 Å². The predicted octanol–water partition coefficient (Wildman–Crippen LogP) is 2.90. The van der Waals surface area contributed by atoms with Gasteiger partial charge in [0.1, 0.15) is 6.33 Å². The van der Waals surface area contributed by atoms with Crippen LogP contribution in [-0.2, 0) is 13.1 Å². The second kappa shape index (κ2) is 7.90. The van der Waals surface area contributed by atoms with Crippen molar-refractivity contribution in [1.29, 1.82) is 0 Å². The van der Waals surface area contributed by atoms with E-state index in [1.54, 1.807) is 18.3 Å². The highest BCUT2D eigenvalue weighted by atomic mass is 32.1. The van der Waals surface area contributed by atoms with Crippen LogP contribution in [0.2, 0.25) is 0 Å². The van der Waals surface area contributed by atoms with E-state index in [2.05, 4.69) is 5.10 Å². The number of Topliss-reactive ketones (excluding diaryl/α,β-unsaturated/α-hetero) is 1. The topological polar surface area (TPSA) is 82.9 Å². The lowest BCUT2D eigenvalue weighted by Gasteiger charge is -2.01. The maximum atomic E-state index is 12.6. The van der Waals surface area contributed by atoms with Crippen molar-refractivity contribution in [2.24, 2.45) is 5.73 Å². The lowest BCUT2D eigenvalue weighted by Crippen LogP contribution is -2.26. The van der Waals surface area contributed by atoms with Gasteiger partial charge in [0, 0.05) is 21.2 Å². The molecular weight excluding hydrogens is 375 g/mol. The first-order valence-electron chi connectivity index (χ1n) is 7.82. The fourth-order valence-electron chi connectivity index (χ4n) is 2.35. The Balaban J connectivity index is 1.76. The molecule has 0 unspecified atom stereocenters. The largest absolute Gasteiger partial charge is 0.346 e. The third-order valence-corrected chi connectivity index (χ3v) is 6.20. The normalized spacial score (nSPS) is 11.9. The maximum Gasteiger partial charge on any atom is 0.346 e. The van der Waals surface area contributed by atoms with Gasteiger partial charge in [-0.25, -0.2) is 13.9 Å². The summed E-state index contributed by atoms with van der Waals surface area (Å²) in [4.78, 5) is 27.5. The molecule has 26 heavy (non-hydrogen) atoms. The molecule has 3 rings (SSSR count). The highest BCUT2D eigenvalue weighted by Crippen LogP contribution is 2.33. The molecule has 6 nitrogen and oxygen atoms in total. The van der Waals surface area contributed by atoms with E-state index in [-0.39, 0.29) is 24.6 Å². The Hall–Kier alpha value is -2.36. The van der Waals surface area contributed by atoms with E-state index >= 15 is 0 Å². The lowest BCUT2D eigenvalue weighted by atomic mass is 10.3. The van der Waals surface area contributed by atoms with Gasteiger partial charge in [-0.1, -0.05) is 0 Å². The van der Waals surface area contributed by atoms with Crippen LogP contribution >= 0.6 is 22.7 Å². The molecule has 9 heteroatoms. The second-order valence-corrected chi connectivity index (χ2v) is 7.91. The minimum Gasteiger partial charge on any atom is -0.327 e. The van der Waals surface area contributed by atoms with Crippen LogP contribution in [0.1, 0.15) is 21.5 Å². The van der Waals surface area contributed by atoms with E-state index in [0.29, 0.717) is 18.4 Å². The van der Waals surface area contributed by atoms with E-state index in [4.69, 9.17) is 5.73 Å². The average Bonchev–Trinajstić information content (AvgIpc) is 3.35. The zero-order valence-corrected chi connectivity index (χ0v) is 15.6. The molecule has 0 aliphatic rings. The van der Waals surface area contributed by atoms with E-state index in [9.17, 15) is 14.0 Å². The maximum absolute atomic E-state index is 12.6. The third-order valence-electron chi connectivity index (χ3n) is 3.75. The summed E-state index contributed by atoms with van der Waals surface area (Å²) < 4.78 is 15.3. The van der Waals surface area contributed by atoms with Crippen molar-refractivity contribution >= 4 is 28.5 Å². The summed E-state index contributed by atoms with van der Waals surface area (Å²) in [6, 6.07) is 7.68. The van der Waals surface area contributed by atoms with Gasteiger partial charge in [-0.05, 0) is 36.8 Å². The van der Waals surface area contributed by atoms with Crippen LogP contribution in [0.3, 0.4) is 0 Å². The van der Waals surface area contributed by atoms with Gasteiger partial charge in [0.2, 0.25) is 0 Å². The predicted molar refractivity (Wildman–Crippen MR) is 101 cm³/mol. The van der Waals surface area contributed by atoms with Crippen molar-refractivity contribution in [1.82, 2.24) is 14.3 Å². The van der Waals surface area contributed by atoms with Gasteiger partial charge in [0.05, 0.1) is 24.3 Å². The molecule has 0 amide bonds. The summed E-state index contributed by atoms with van der Waals surface area (Å²) >= 11 is 3.01. The fourth-order valence-corrected chi connectivity index (χ4v) is 4.35. The number of carbonyl (C=O) groups is 1. The van der Waals surface area contributed by atoms with E-state index in [1.165, 1.54) is 26.9 Å². The Labute approximate surface area is 157 Å². The number of nitrogens with zero attached hydrogens (tertiary/aromatic N) is 3. The summed E-state index contributed by atoms with van der Waals surface area (Å²) in [6.45, 7) is 2.00. The van der Waals surface area contributed by atoms with Gasteiger partial charge in [-0.15, -0.1) is 22.7 Å². The minimum absolute atomic E-state index is 0.0349. The summed E-state index contributed by atoms with van der Waals surface area (Å²) in [5, 5.41) is 4.01. The number of halogens is 1. The monoisotopic (exact) mass is 392 g/mol. The zero-order valence-electron chi connectivity index (χ0n) is 14.0. The highest BCUT2D eigenvalue weighted by Gasteiger charge is 2.11. The molecule has 0 atom stereocenters. The van der Waals surface area contributed by atoms with Crippen molar-refractivity contribution < 1.29 is 9.18 Å². The van der Waals surface area contributed by atoms with Gasteiger partial charge >= 0.3 is 5.69 Å². The van der Waals surface area contributed by atoms with Crippen LogP contribution in [0.25, 0.3) is 9.75 Å². The van der Waals surface area contributed by atoms with Crippen LogP contribution in [-0.4, -0.2) is 26.7 Å². The lowest BCUT2D eigenvalue weighted by molar-refractivity contribution is 0.102. The number of aromatic nitrogens is 3. The Kier molecular flexibility index (Phi) is 5.60. The first kappa shape index (κ1) is 18.4. The SMILES string of the molecule is CC(=O)c1ccc(-c2ccc(Cn3cnn(C/C(=C/F)CN)c3=O)s2)s1. The van der Waals surface area contributed by atoms with Gasteiger partial charge in [0.25, 0.3) is 0 Å². The molecule has 2 N–H and O–H groups in total. The number of hydrogen-bond acceptors (Lipinski definition) is 6. The third kappa shape index (κ3) is 3.90. The van der Waals surface area contributed by atoms with Gasteiger partial charge in [0.15, 0.2) is 5.78 Å². The van der Waals surface area contributed by atoms with Crippen LogP contribution in [0, 0.1) is 0 Å². The van der Waals surface area contributed by atoms with E-state index < -0.39 is 0 Å². The molecule has 0 aliphatic heterocycles. The van der Waals surface area contributed by atoms with Crippen LogP contribution in [0.4, 0.5) is 4.39 Å². The molecule has 0 radical (unpaired) electrons. The van der Waals surface area contributed by atoms with Crippen molar-refractivity contribution in [3.05, 3.63) is 62.7 Å². The second-order valence-electron chi connectivity index (χ2n) is 5.66. The van der Waals surface area contributed by atoms with E-state index in [0.717, 1.165) is 19.5 Å². The number of nitrogens with two attached hydrogens (primary N) is 1. The molecule has 0 fully saturated rings. The molecular formula is C17H17FN4O2S2. The number of ketones is 1. The molecule has 3 aromatic rings. The Bertz CT molecular complexity index is 1010. The first-order valence-corrected chi connectivity index (χ1v) is 9.45. The molecule has 0 saturated heterocycles. The molecule has 0 aromatic carbocycles. The quantitative estimate of drug-likeness (QED) is 0.627. The standard InChI is InChI=1S/C17H17FN4O2S2/c1-11(23)14-4-5-16(26-14)15-3-2-13(25-15)9-21-10-20-22(17(21)24)8-12(6-18)7-19/h2-6,10H,7-9,19H2,1H3/b12-6+. The number of carbonyl (C=O) groups excluding carboxylic acids is 1. The zero-order chi connectivity index (χ0) is 18.7. The smallest absolute Gasteiger partial charge is 0.327 e. The molecule has 0 spiro atoms. The fraction of sp³-hybridized carbons (Fsp3) is 0.235. The molecule has 0 bridgehead atoms. The van der Waals surface area contributed by atoms with Gasteiger partial charge < -0.3 is 5.73 Å². The average molecular weight is 392 g/mol. The Morgan fingerprint density at radius 1 is 1.27 bits per heavy atom. The van der Waals surface area contributed by atoms with Crippen molar-refractivity contribution in [3.8, 4) is 9.75 Å². The number of hydrogen-bond donors (Lipinski definition) is 1. The number of thiophene rings is 2.